The zero-order chi connectivity index (χ0) is 16.2. The van der Waals surface area contributed by atoms with Gasteiger partial charge in [0, 0.05) is 34.2 Å². The van der Waals surface area contributed by atoms with Crippen molar-refractivity contribution in [2.24, 2.45) is 5.11 Å². The summed E-state index contributed by atoms with van der Waals surface area (Å²) in [7, 11) is 0. The summed E-state index contributed by atoms with van der Waals surface area (Å²) < 4.78 is 0. The van der Waals surface area contributed by atoms with E-state index in [-0.39, 0.29) is 12.2 Å². The Kier molecular flexibility index (Phi) is 3.86. The molecule has 1 aromatic heterocycles. The fraction of sp³-hybridized carbons (Fsp3) is 0.0625. The highest BCUT2D eigenvalue weighted by Crippen LogP contribution is 2.31. The Balaban J connectivity index is 2.21. The Labute approximate surface area is 131 Å². The number of nitro benzene ring substituents is 1. The number of aromatic nitrogens is 1. The van der Waals surface area contributed by atoms with Gasteiger partial charge < -0.3 is 0 Å². The van der Waals surface area contributed by atoms with Crippen LogP contribution in [-0.4, -0.2) is 9.91 Å². The normalized spacial score (nSPS) is 10.3. The van der Waals surface area contributed by atoms with E-state index in [0.29, 0.717) is 5.69 Å². The number of benzene rings is 2. The lowest BCUT2D eigenvalue weighted by molar-refractivity contribution is -0.384. The summed E-state index contributed by atoms with van der Waals surface area (Å²) in [5.41, 5.74) is 11.0. The maximum atomic E-state index is 10.9. The average molecular weight is 305 g/mol. The van der Waals surface area contributed by atoms with Crippen LogP contribution in [0.15, 0.2) is 59.8 Å². The largest absolute Gasteiger partial charge is 0.270 e. The summed E-state index contributed by atoms with van der Waals surface area (Å²) in [6, 6.07) is 13.9. The van der Waals surface area contributed by atoms with Crippen molar-refractivity contribution in [3.05, 3.63) is 80.8 Å². The van der Waals surface area contributed by atoms with Gasteiger partial charge in [0.1, 0.15) is 0 Å². The maximum Gasteiger partial charge on any atom is 0.270 e. The molecule has 7 heteroatoms. The molecule has 0 radical (unpaired) electrons. The molecule has 0 saturated carbocycles. The van der Waals surface area contributed by atoms with Crippen LogP contribution in [0.25, 0.3) is 32.5 Å². The molecule has 0 amide bonds. The van der Waals surface area contributed by atoms with Crippen LogP contribution in [0.3, 0.4) is 0 Å². The molecule has 1 heterocycles. The van der Waals surface area contributed by atoms with Gasteiger partial charge in [-0.2, -0.15) is 0 Å². The Hall–Kier alpha value is -3.44. The fourth-order valence-corrected chi connectivity index (χ4v) is 2.49. The van der Waals surface area contributed by atoms with E-state index in [1.54, 1.807) is 18.3 Å². The van der Waals surface area contributed by atoms with Gasteiger partial charge in [0.25, 0.3) is 5.69 Å². The molecule has 0 aliphatic rings. The van der Waals surface area contributed by atoms with Gasteiger partial charge in [-0.1, -0.05) is 29.4 Å². The van der Waals surface area contributed by atoms with Crippen LogP contribution >= 0.6 is 0 Å². The molecular formula is C16H11N5O2. The van der Waals surface area contributed by atoms with E-state index >= 15 is 0 Å². The standard InChI is InChI=1S/C16H11N5O2/c17-20-19-10-12-3-1-2-4-14(12)16-15-6-5-13(21(22)23)9-11(15)7-8-18-16/h1-9H,10H2. The van der Waals surface area contributed by atoms with Crippen LogP contribution in [-0.2, 0) is 6.54 Å². The molecule has 0 N–H and O–H groups in total. The van der Waals surface area contributed by atoms with Gasteiger partial charge in [-0.25, -0.2) is 0 Å². The minimum Gasteiger partial charge on any atom is -0.258 e. The van der Waals surface area contributed by atoms with Crippen molar-refractivity contribution in [1.29, 1.82) is 0 Å². The first-order valence-electron chi connectivity index (χ1n) is 6.83. The number of azide groups is 1. The summed E-state index contributed by atoms with van der Waals surface area (Å²) in [5.74, 6) is 0. The second-order valence-electron chi connectivity index (χ2n) is 4.87. The van der Waals surface area contributed by atoms with Crippen LogP contribution in [0.4, 0.5) is 5.69 Å². The Bertz CT molecular complexity index is 948. The molecule has 112 valence electrons. The van der Waals surface area contributed by atoms with E-state index in [1.165, 1.54) is 12.1 Å². The molecule has 7 nitrogen and oxygen atoms in total. The molecule has 0 atom stereocenters. The smallest absolute Gasteiger partial charge is 0.258 e. The number of rotatable bonds is 4. The molecule has 0 aliphatic heterocycles. The van der Waals surface area contributed by atoms with Crippen LogP contribution in [0.5, 0.6) is 0 Å². The fourth-order valence-electron chi connectivity index (χ4n) is 2.49. The van der Waals surface area contributed by atoms with Gasteiger partial charge in [-0.05, 0) is 28.6 Å². The highest BCUT2D eigenvalue weighted by Gasteiger charge is 2.12. The van der Waals surface area contributed by atoms with Gasteiger partial charge in [-0.15, -0.1) is 0 Å². The zero-order valence-electron chi connectivity index (χ0n) is 12.0. The van der Waals surface area contributed by atoms with Gasteiger partial charge in [0.2, 0.25) is 0 Å². The second kappa shape index (κ2) is 6.13. The highest BCUT2D eigenvalue weighted by atomic mass is 16.6. The molecule has 0 saturated heterocycles. The molecule has 0 bridgehead atoms. The number of hydrogen-bond donors (Lipinski definition) is 0. The Morgan fingerprint density at radius 2 is 2.04 bits per heavy atom. The van der Waals surface area contributed by atoms with Gasteiger partial charge >= 0.3 is 0 Å². The molecule has 0 spiro atoms. The van der Waals surface area contributed by atoms with E-state index in [9.17, 15) is 10.1 Å². The summed E-state index contributed by atoms with van der Waals surface area (Å²) in [4.78, 5) is 17.7. The summed E-state index contributed by atoms with van der Waals surface area (Å²) in [6.45, 7) is 0.220. The zero-order valence-corrected chi connectivity index (χ0v) is 12.0. The van der Waals surface area contributed by atoms with Crippen LogP contribution < -0.4 is 0 Å². The third-order valence-electron chi connectivity index (χ3n) is 3.54. The van der Waals surface area contributed by atoms with Crippen molar-refractivity contribution < 1.29 is 4.92 Å². The van der Waals surface area contributed by atoms with Crippen molar-refractivity contribution in [1.82, 2.24) is 4.98 Å². The Morgan fingerprint density at radius 3 is 2.83 bits per heavy atom. The summed E-state index contributed by atoms with van der Waals surface area (Å²) >= 11 is 0. The Morgan fingerprint density at radius 1 is 1.22 bits per heavy atom. The third kappa shape index (κ3) is 2.81. The van der Waals surface area contributed by atoms with E-state index < -0.39 is 4.92 Å². The molecule has 3 aromatic rings. The van der Waals surface area contributed by atoms with Crippen molar-refractivity contribution in [2.45, 2.75) is 6.54 Å². The van der Waals surface area contributed by atoms with Crippen molar-refractivity contribution >= 4 is 16.5 Å². The number of non-ortho nitro benzene ring substituents is 1. The van der Waals surface area contributed by atoms with E-state index in [2.05, 4.69) is 15.0 Å². The topological polar surface area (TPSA) is 105 Å². The lowest BCUT2D eigenvalue weighted by Gasteiger charge is -2.09. The monoisotopic (exact) mass is 305 g/mol. The van der Waals surface area contributed by atoms with E-state index in [1.807, 2.05) is 24.3 Å². The molecule has 3 rings (SSSR count). The number of nitrogens with zero attached hydrogens (tertiary/aromatic N) is 5. The molecule has 0 aliphatic carbocycles. The first-order chi connectivity index (χ1) is 11.2. The molecule has 2 aromatic carbocycles. The van der Waals surface area contributed by atoms with E-state index in [0.717, 1.165) is 21.9 Å². The van der Waals surface area contributed by atoms with Gasteiger partial charge in [-0.3, -0.25) is 15.1 Å². The number of hydrogen-bond acceptors (Lipinski definition) is 4. The molecular weight excluding hydrogens is 294 g/mol. The maximum absolute atomic E-state index is 10.9. The predicted octanol–water partition coefficient (Wildman–Crippen LogP) is 4.62. The minimum atomic E-state index is -0.422. The lowest BCUT2D eigenvalue weighted by Crippen LogP contribution is -1.93. The first-order valence-corrected chi connectivity index (χ1v) is 6.83. The second-order valence-corrected chi connectivity index (χ2v) is 4.87. The number of pyridine rings is 1. The van der Waals surface area contributed by atoms with Crippen LogP contribution in [0, 0.1) is 10.1 Å². The lowest BCUT2D eigenvalue weighted by atomic mass is 9.99. The third-order valence-corrected chi connectivity index (χ3v) is 3.54. The molecule has 0 unspecified atom stereocenters. The number of nitro groups is 1. The first kappa shape index (κ1) is 14.5. The summed E-state index contributed by atoms with van der Waals surface area (Å²) in [5, 5.41) is 16.1. The summed E-state index contributed by atoms with van der Waals surface area (Å²) in [6.07, 6.45) is 1.62. The van der Waals surface area contributed by atoms with Crippen LogP contribution in [0.2, 0.25) is 0 Å². The van der Waals surface area contributed by atoms with Crippen LogP contribution in [0.1, 0.15) is 5.56 Å². The van der Waals surface area contributed by atoms with Crippen molar-refractivity contribution in [3.63, 3.8) is 0 Å². The van der Waals surface area contributed by atoms with Gasteiger partial charge in [0.15, 0.2) is 0 Å². The molecule has 23 heavy (non-hydrogen) atoms. The van der Waals surface area contributed by atoms with Crippen molar-refractivity contribution in [3.8, 4) is 11.3 Å². The van der Waals surface area contributed by atoms with Gasteiger partial charge in [0.05, 0.1) is 17.2 Å². The SMILES string of the molecule is [N-]=[N+]=NCc1ccccc1-c1nccc2cc([N+](=O)[O-])ccc12. The quantitative estimate of drug-likeness (QED) is 0.231. The van der Waals surface area contributed by atoms with E-state index in [4.69, 9.17) is 5.53 Å². The predicted molar refractivity (Wildman–Crippen MR) is 86.7 cm³/mol. The van der Waals surface area contributed by atoms with Crippen molar-refractivity contribution in [2.75, 3.05) is 0 Å². The average Bonchev–Trinajstić information content (AvgIpc) is 2.59. The number of fused-ring (bicyclic) bond motifs is 1. The molecule has 0 fully saturated rings. The highest BCUT2D eigenvalue weighted by molar-refractivity contribution is 5.96. The minimum absolute atomic E-state index is 0.0389.